The van der Waals surface area contributed by atoms with Crippen molar-refractivity contribution in [3.63, 3.8) is 0 Å². The van der Waals surface area contributed by atoms with Crippen LogP contribution in [0.2, 0.25) is 0 Å². The smallest absolute Gasteiger partial charge is 0.274 e. The van der Waals surface area contributed by atoms with Gasteiger partial charge in [-0.05, 0) is 37.3 Å². The van der Waals surface area contributed by atoms with Gasteiger partial charge in [-0.15, -0.1) is 0 Å². The Morgan fingerprint density at radius 2 is 1.83 bits per heavy atom. The van der Waals surface area contributed by atoms with E-state index >= 15 is 0 Å². The average molecular weight is 419 g/mol. The Hall–Kier alpha value is -2.82. The summed E-state index contributed by atoms with van der Waals surface area (Å²) in [6.07, 6.45) is 0. The summed E-state index contributed by atoms with van der Waals surface area (Å²) < 4.78 is 31.8. The second-order valence-corrected chi connectivity index (χ2v) is 8.51. The molecule has 0 aromatic heterocycles. The van der Waals surface area contributed by atoms with Gasteiger partial charge in [0.25, 0.3) is 5.69 Å². The van der Waals surface area contributed by atoms with Crippen molar-refractivity contribution in [2.45, 2.75) is 11.8 Å². The normalized spacial score (nSPS) is 15.1. The van der Waals surface area contributed by atoms with Crippen LogP contribution in [0.25, 0.3) is 0 Å². The number of nitrogens with one attached hydrogen (secondary N) is 1. The number of morpholine rings is 1. The molecule has 1 aliphatic heterocycles. The number of ketones is 1. The van der Waals surface area contributed by atoms with Gasteiger partial charge in [0.1, 0.15) is 0 Å². The molecule has 0 atom stereocenters. The lowest BCUT2D eigenvalue weighted by Crippen LogP contribution is -2.40. The molecular formula is C19H21N3O6S. The van der Waals surface area contributed by atoms with E-state index in [0.717, 1.165) is 0 Å². The molecule has 10 heteroatoms. The third-order valence-electron chi connectivity index (χ3n) is 4.64. The Kier molecular flexibility index (Phi) is 6.26. The third kappa shape index (κ3) is 4.78. The number of Topliss-reactive ketones (excluding diaryl/α,β-unsaturated/α-hetero) is 1. The van der Waals surface area contributed by atoms with E-state index in [1.807, 2.05) is 0 Å². The fourth-order valence-electron chi connectivity index (χ4n) is 2.95. The van der Waals surface area contributed by atoms with Crippen LogP contribution in [0.3, 0.4) is 0 Å². The van der Waals surface area contributed by atoms with E-state index in [1.165, 1.54) is 34.6 Å². The summed E-state index contributed by atoms with van der Waals surface area (Å²) in [5.74, 6) is -0.261. The minimum Gasteiger partial charge on any atom is -0.379 e. The molecule has 2 aromatic carbocycles. The molecule has 0 radical (unpaired) electrons. The molecule has 0 unspecified atom stereocenters. The van der Waals surface area contributed by atoms with Gasteiger partial charge in [0.05, 0.1) is 29.6 Å². The standard InChI is InChI=1S/C19H21N3O6S/c1-14-2-5-16(12-18(14)22(24)25)20-13-19(23)15-3-6-17(7-4-15)29(26,27)21-8-10-28-11-9-21/h2-7,12,20H,8-11,13H2,1H3. The second-order valence-electron chi connectivity index (χ2n) is 6.58. The highest BCUT2D eigenvalue weighted by atomic mass is 32.2. The number of ether oxygens (including phenoxy) is 1. The molecule has 0 saturated carbocycles. The predicted octanol–water partition coefficient (Wildman–Crippen LogP) is 2.22. The average Bonchev–Trinajstić information content (AvgIpc) is 2.73. The first kappa shape index (κ1) is 20.9. The van der Waals surface area contributed by atoms with Crippen molar-refractivity contribution in [2.24, 2.45) is 0 Å². The van der Waals surface area contributed by atoms with E-state index in [1.54, 1.807) is 19.1 Å². The lowest BCUT2D eigenvalue weighted by molar-refractivity contribution is -0.385. The van der Waals surface area contributed by atoms with Crippen LogP contribution in [0.15, 0.2) is 47.4 Å². The number of nitrogens with zero attached hydrogens (tertiary/aromatic N) is 2. The van der Waals surface area contributed by atoms with E-state index in [4.69, 9.17) is 4.74 Å². The van der Waals surface area contributed by atoms with Crippen molar-refractivity contribution < 1.29 is 22.9 Å². The van der Waals surface area contributed by atoms with Crippen LogP contribution in [-0.2, 0) is 14.8 Å². The molecule has 0 amide bonds. The van der Waals surface area contributed by atoms with Crippen molar-refractivity contribution in [2.75, 3.05) is 38.2 Å². The Bertz CT molecular complexity index is 1010. The van der Waals surface area contributed by atoms with Crippen LogP contribution in [0.1, 0.15) is 15.9 Å². The molecule has 1 N–H and O–H groups in total. The summed E-state index contributed by atoms with van der Waals surface area (Å²) in [5, 5.41) is 13.9. The molecule has 0 bridgehead atoms. The van der Waals surface area contributed by atoms with Gasteiger partial charge in [-0.3, -0.25) is 14.9 Å². The predicted molar refractivity (Wildman–Crippen MR) is 107 cm³/mol. The number of rotatable bonds is 7. The van der Waals surface area contributed by atoms with Crippen LogP contribution in [-0.4, -0.2) is 56.3 Å². The van der Waals surface area contributed by atoms with Crippen molar-refractivity contribution in [1.82, 2.24) is 4.31 Å². The summed E-state index contributed by atoms with van der Waals surface area (Å²) in [4.78, 5) is 23.1. The van der Waals surface area contributed by atoms with E-state index in [2.05, 4.69) is 5.32 Å². The third-order valence-corrected chi connectivity index (χ3v) is 6.56. The van der Waals surface area contributed by atoms with E-state index < -0.39 is 14.9 Å². The molecule has 1 aliphatic rings. The zero-order valence-corrected chi connectivity index (χ0v) is 16.6. The molecule has 1 heterocycles. The largest absolute Gasteiger partial charge is 0.379 e. The van der Waals surface area contributed by atoms with E-state index in [-0.39, 0.29) is 22.9 Å². The van der Waals surface area contributed by atoms with Gasteiger partial charge in [0, 0.05) is 36.0 Å². The number of hydrogen-bond acceptors (Lipinski definition) is 7. The highest BCUT2D eigenvalue weighted by Crippen LogP contribution is 2.22. The Morgan fingerprint density at radius 3 is 2.45 bits per heavy atom. The van der Waals surface area contributed by atoms with Crippen LogP contribution in [0.4, 0.5) is 11.4 Å². The van der Waals surface area contributed by atoms with Gasteiger partial charge in [-0.2, -0.15) is 4.31 Å². The number of aryl methyl sites for hydroxylation is 1. The number of carbonyl (C=O) groups excluding carboxylic acids is 1. The molecular weight excluding hydrogens is 398 g/mol. The second kappa shape index (κ2) is 8.68. The van der Waals surface area contributed by atoms with Crippen molar-refractivity contribution >= 4 is 27.2 Å². The number of nitro groups is 1. The molecule has 9 nitrogen and oxygen atoms in total. The summed E-state index contributed by atoms with van der Waals surface area (Å²) in [5.41, 5.74) is 1.31. The lowest BCUT2D eigenvalue weighted by Gasteiger charge is -2.26. The van der Waals surface area contributed by atoms with Crippen molar-refractivity contribution in [3.8, 4) is 0 Å². The number of benzene rings is 2. The zero-order chi connectivity index (χ0) is 21.0. The van der Waals surface area contributed by atoms with Gasteiger partial charge in [0.15, 0.2) is 5.78 Å². The maximum Gasteiger partial charge on any atom is 0.274 e. The number of anilines is 1. The fourth-order valence-corrected chi connectivity index (χ4v) is 4.36. The van der Waals surface area contributed by atoms with E-state index in [9.17, 15) is 23.3 Å². The first-order valence-electron chi connectivity index (χ1n) is 8.99. The number of hydrogen-bond donors (Lipinski definition) is 1. The fraction of sp³-hybridized carbons (Fsp3) is 0.316. The lowest BCUT2D eigenvalue weighted by atomic mass is 10.1. The highest BCUT2D eigenvalue weighted by molar-refractivity contribution is 7.89. The van der Waals surface area contributed by atoms with Crippen LogP contribution in [0, 0.1) is 17.0 Å². The van der Waals surface area contributed by atoms with Crippen LogP contribution in [0.5, 0.6) is 0 Å². The summed E-state index contributed by atoms with van der Waals surface area (Å²) >= 11 is 0. The minimum atomic E-state index is -3.61. The Balaban J connectivity index is 1.66. The van der Waals surface area contributed by atoms with Crippen LogP contribution >= 0.6 is 0 Å². The first-order valence-corrected chi connectivity index (χ1v) is 10.4. The molecule has 154 valence electrons. The summed E-state index contributed by atoms with van der Waals surface area (Å²) in [6, 6.07) is 10.4. The topological polar surface area (TPSA) is 119 Å². The summed E-state index contributed by atoms with van der Waals surface area (Å²) in [6.45, 7) is 2.89. The molecule has 0 aliphatic carbocycles. The SMILES string of the molecule is Cc1ccc(NCC(=O)c2ccc(S(=O)(=O)N3CCOCC3)cc2)cc1[N+](=O)[O-]. The van der Waals surface area contributed by atoms with Crippen molar-refractivity contribution in [1.29, 1.82) is 0 Å². The monoisotopic (exact) mass is 419 g/mol. The van der Waals surface area contributed by atoms with Gasteiger partial charge < -0.3 is 10.1 Å². The highest BCUT2D eigenvalue weighted by Gasteiger charge is 2.26. The molecule has 2 aromatic rings. The van der Waals surface area contributed by atoms with Gasteiger partial charge in [0.2, 0.25) is 10.0 Å². The Labute approximate surface area is 168 Å². The molecule has 1 fully saturated rings. The number of sulfonamides is 1. The first-order chi connectivity index (χ1) is 13.8. The quantitative estimate of drug-likeness (QED) is 0.415. The maximum absolute atomic E-state index is 12.6. The summed E-state index contributed by atoms with van der Waals surface area (Å²) in [7, 11) is -3.61. The number of carbonyl (C=O) groups is 1. The molecule has 29 heavy (non-hydrogen) atoms. The van der Waals surface area contributed by atoms with Crippen LogP contribution < -0.4 is 5.32 Å². The molecule has 0 spiro atoms. The Morgan fingerprint density at radius 1 is 1.17 bits per heavy atom. The van der Waals surface area contributed by atoms with Crippen molar-refractivity contribution in [3.05, 3.63) is 63.7 Å². The zero-order valence-electron chi connectivity index (χ0n) is 15.8. The van der Waals surface area contributed by atoms with Gasteiger partial charge in [-0.1, -0.05) is 6.07 Å². The maximum atomic E-state index is 12.6. The molecule has 1 saturated heterocycles. The van der Waals surface area contributed by atoms with E-state index in [0.29, 0.717) is 43.1 Å². The molecule has 3 rings (SSSR count). The minimum absolute atomic E-state index is 0.0277. The van der Waals surface area contributed by atoms with Gasteiger partial charge in [-0.25, -0.2) is 8.42 Å². The van der Waals surface area contributed by atoms with Gasteiger partial charge >= 0.3 is 0 Å². The number of nitro benzene ring substituents is 1.